The number of benzene rings is 2. The van der Waals surface area contributed by atoms with Crippen LogP contribution in [0.4, 0.5) is 0 Å². The summed E-state index contributed by atoms with van der Waals surface area (Å²) in [5.41, 5.74) is 3.13. The van der Waals surface area contributed by atoms with Gasteiger partial charge in [-0.05, 0) is 34.7 Å². The number of nitrogens with one attached hydrogen (secondary N) is 1. The Morgan fingerprint density at radius 2 is 1.85 bits per heavy atom. The van der Waals surface area contributed by atoms with Gasteiger partial charge in [-0.2, -0.15) is 0 Å². The summed E-state index contributed by atoms with van der Waals surface area (Å²) >= 11 is 0. The van der Waals surface area contributed by atoms with E-state index in [-0.39, 0.29) is 12.3 Å². The minimum atomic E-state index is -0.784. The van der Waals surface area contributed by atoms with Crippen molar-refractivity contribution in [1.82, 2.24) is 4.98 Å². The molecule has 1 unspecified atom stereocenters. The number of aliphatic carboxylic acids is 1. The van der Waals surface area contributed by atoms with Gasteiger partial charge in [-0.15, -0.1) is 0 Å². The number of H-pyrrole nitrogens is 1. The fourth-order valence-electron chi connectivity index (χ4n) is 2.58. The fraction of sp³-hybridized carbons (Fsp3) is 0.118. The number of aromatic nitrogens is 1. The second-order valence-corrected chi connectivity index (χ2v) is 4.89. The smallest absolute Gasteiger partial charge is 0.304 e. The van der Waals surface area contributed by atoms with Crippen LogP contribution in [-0.4, -0.2) is 16.1 Å². The van der Waals surface area contributed by atoms with E-state index in [0.717, 1.165) is 22.0 Å². The number of fused-ring (bicyclic) bond motifs is 1. The average molecular weight is 265 g/mol. The van der Waals surface area contributed by atoms with Crippen molar-refractivity contribution >= 4 is 16.9 Å². The second-order valence-electron chi connectivity index (χ2n) is 4.89. The quantitative estimate of drug-likeness (QED) is 0.754. The van der Waals surface area contributed by atoms with E-state index in [9.17, 15) is 9.90 Å². The van der Waals surface area contributed by atoms with Crippen molar-refractivity contribution in [3.05, 3.63) is 71.9 Å². The minimum absolute atomic E-state index is 0.0972. The minimum Gasteiger partial charge on any atom is -0.481 e. The van der Waals surface area contributed by atoms with Crippen LogP contribution in [0.2, 0.25) is 0 Å². The number of hydrogen-bond acceptors (Lipinski definition) is 1. The SMILES string of the molecule is O=C(O)CC(c1ccccc1)c1ccc2[nH]ccc2c1. The number of carbonyl (C=O) groups is 1. The Bertz CT molecular complexity index is 731. The first-order chi connectivity index (χ1) is 9.74. The summed E-state index contributed by atoms with van der Waals surface area (Å²) in [6.45, 7) is 0. The first kappa shape index (κ1) is 12.5. The van der Waals surface area contributed by atoms with Crippen LogP contribution in [0.15, 0.2) is 60.8 Å². The first-order valence-electron chi connectivity index (χ1n) is 6.58. The van der Waals surface area contributed by atoms with Gasteiger partial charge in [0.15, 0.2) is 0 Å². The molecule has 2 N–H and O–H groups in total. The van der Waals surface area contributed by atoms with Crippen LogP contribution in [0.5, 0.6) is 0 Å². The van der Waals surface area contributed by atoms with Gasteiger partial charge < -0.3 is 10.1 Å². The standard InChI is InChI=1S/C17H15NO2/c19-17(20)11-15(12-4-2-1-3-5-12)13-6-7-16-14(10-13)8-9-18-16/h1-10,15,18H,11H2,(H,19,20). The fourth-order valence-corrected chi connectivity index (χ4v) is 2.58. The molecule has 0 saturated heterocycles. The lowest BCUT2D eigenvalue weighted by Crippen LogP contribution is -2.07. The van der Waals surface area contributed by atoms with Crippen molar-refractivity contribution in [2.24, 2.45) is 0 Å². The van der Waals surface area contributed by atoms with Crippen LogP contribution in [-0.2, 0) is 4.79 Å². The highest BCUT2D eigenvalue weighted by atomic mass is 16.4. The van der Waals surface area contributed by atoms with E-state index < -0.39 is 5.97 Å². The highest BCUT2D eigenvalue weighted by Gasteiger charge is 2.18. The van der Waals surface area contributed by atoms with Gasteiger partial charge in [0, 0.05) is 17.6 Å². The molecule has 0 aliphatic rings. The zero-order valence-corrected chi connectivity index (χ0v) is 10.9. The van der Waals surface area contributed by atoms with Gasteiger partial charge in [0.1, 0.15) is 0 Å². The van der Waals surface area contributed by atoms with Gasteiger partial charge in [0.05, 0.1) is 6.42 Å². The Labute approximate surface area is 116 Å². The maximum atomic E-state index is 11.2. The van der Waals surface area contributed by atoms with E-state index in [1.54, 1.807) is 0 Å². The molecule has 0 radical (unpaired) electrons. The number of carboxylic acids is 1. The third-order valence-electron chi connectivity index (χ3n) is 3.56. The van der Waals surface area contributed by atoms with Gasteiger partial charge in [-0.3, -0.25) is 4.79 Å². The molecule has 1 atom stereocenters. The van der Waals surface area contributed by atoms with Crippen molar-refractivity contribution in [2.75, 3.05) is 0 Å². The number of rotatable bonds is 4. The van der Waals surface area contributed by atoms with Crippen LogP contribution in [0, 0.1) is 0 Å². The number of carboxylic acid groups (broad SMARTS) is 1. The summed E-state index contributed by atoms with van der Waals surface area (Å²) in [4.78, 5) is 14.3. The Hall–Kier alpha value is -2.55. The second kappa shape index (κ2) is 5.21. The van der Waals surface area contributed by atoms with E-state index >= 15 is 0 Å². The van der Waals surface area contributed by atoms with E-state index in [1.807, 2.05) is 54.7 Å². The van der Waals surface area contributed by atoms with Gasteiger partial charge in [-0.25, -0.2) is 0 Å². The van der Waals surface area contributed by atoms with Crippen LogP contribution in [0.3, 0.4) is 0 Å². The molecule has 3 heteroatoms. The molecule has 0 amide bonds. The molecule has 1 heterocycles. The third kappa shape index (κ3) is 2.43. The van der Waals surface area contributed by atoms with Crippen molar-refractivity contribution in [2.45, 2.75) is 12.3 Å². The molecule has 0 aliphatic carbocycles. The highest BCUT2D eigenvalue weighted by Crippen LogP contribution is 2.30. The summed E-state index contributed by atoms with van der Waals surface area (Å²) in [7, 11) is 0. The molecule has 1 aromatic heterocycles. The number of hydrogen-bond donors (Lipinski definition) is 2. The maximum Gasteiger partial charge on any atom is 0.304 e. The maximum absolute atomic E-state index is 11.2. The molecule has 3 nitrogen and oxygen atoms in total. The van der Waals surface area contributed by atoms with E-state index in [1.165, 1.54) is 0 Å². The van der Waals surface area contributed by atoms with Crippen LogP contribution >= 0.6 is 0 Å². The summed E-state index contributed by atoms with van der Waals surface area (Å²) < 4.78 is 0. The molecule has 0 bridgehead atoms. The van der Waals surface area contributed by atoms with Gasteiger partial charge in [0.25, 0.3) is 0 Å². The monoisotopic (exact) mass is 265 g/mol. The predicted molar refractivity (Wildman–Crippen MR) is 78.8 cm³/mol. The summed E-state index contributed by atoms with van der Waals surface area (Å²) in [6.07, 6.45) is 1.99. The summed E-state index contributed by atoms with van der Waals surface area (Å²) in [5, 5.41) is 10.3. The Morgan fingerprint density at radius 1 is 1.05 bits per heavy atom. The number of aromatic amines is 1. The molecule has 3 aromatic rings. The molecular weight excluding hydrogens is 250 g/mol. The van der Waals surface area contributed by atoms with Crippen molar-refractivity contribution in [3.63, 3.8) is 0 Å². The normalized spacial score (nSPS) is 12.4. The Kier molecular flexibility index (Phi) is 3.25. The molecule has 0 spiro atoms. The molecule has 0 aliphatic heterocycles. The predicted octanol–water partition coefficient (Wildman–Crippen LogP) is 3.77. The largest absolute Gasteiger partial charge is 0.481 e. The topological polar surface area (TPSA) is 53.1 Å². The lowest BCUT2D eigenvalue weighted by molar-refractivity contribution is -0.137. The molecule has 3 rings (SSSR count). The molecule has 0 fully saturated rings. The molecule has 0 saturated carbocycles. The van der Waals surface area contributed by atoms with Crippen LogP contribution in [0.1, 0.15) is 23.5 Å². The molecule has 100 valence electrons. The van der Waals surface area contributed by atoms with Crippen LogP contribution in [0.25, 0.3) is 10.9 Å². The third-order valence-corrected chi connectivity index (χ3v) is 3.56. The van der Waals surface area contributed by atoms with Crippen molar-refractivity contribution in [3.8, 4) is 0 Å². The van der Waals surface area contributed by atoms with Gasteiger partial charge in [-0.1, -0.05) is 36.4 Å². The van der Waals surface area contributed by atoms with Crippen molar-refractivity contribution < 1.29 is 9.90 Å². The van der Waals surface area contributed by atoms with Gasteiger partial charge in [0.2, 0.25) is 0 Å². The first-order valence-corrected chi connectivity index (χ1v) is 6.58. The van der Waals surface area contributed by atoms with E-state index in [2.05, 4.69) is 11.1 Å². The summed E-state index contributed by atoms with van der Waals surface area (Å²) in [5.74, 6) is -0.902. The van der Waals surface area contributed by atoms with Crippen molar-refractivity contribution in [1.29, 1.82) is 0 Å². The lowest BCUT2D eigenvalue weighted by atomic mass is 9.88. The Morgan fingerprint density at radius 3 is 2.60 bits per heavy atom. The zero-order chi connectivity index (χ0) is 13.9. The molecule has 2 aromatic carbocycles. The lowest BCUT2D eigenvalue weighted by Gasteiger charge is -2.16. The van der Waals surface area contributed by atoms with E-state index in [4.69, 9.17) is 0 Å². The highest BCUT2D eigenvalue weighted by molar-refractivity contribution is 5.80. The van der Waals surface area contributed by atoms with Crippen LogP contribution < -0.4 is 0 Å². The zero-order valence-electron chi connectivity index (χ0n) is 10.9. The summed E-state index contributed by atoms with van der Waals surface area (Å²) in [6, 6.07) is 17.9. The Balaban J connectivity index is 2.06. The van der Waals surface area contributed by atoms with E-state index in [0.29, 0.717) is 0 Å². The molecular formula is C17H15NO2. The van der Waals surface area contributed by atoms with Gasteiger partial charge >= 0.3 is 5.97 Å². The molecule has 20 heavy (non-hydrogen) atoms. The average Bonchev–Trinajstić information content (AvgIpc) is 2.93.